The van der Waals surface area contributed by atoms with E-state index in [1.807, 2.05) is 39.4 Å². The number of benzene rings is 2. The third-order valence-corrected chi connectivity index (χ3v) is 8.86. The van der Waals surface area contributed by atoms with Crippen LogP contribution in [0.4, 0.5) is 11.4 Å². The summed E-state index contributed by atoms with van der Waals surface area (Å²) in [5.74, 6) is 1.69. The predicted octanol–water partition coefficient (Wildman–Crippen LogP) is 5.42. The highest BCUT2D eigenvalue weighted by molar-refractivity contribution is 6.04. The van der Waals surface area contributed by atoms with Gasteiger partial charge < -0.3 is 39.2 Å². The molecular weight excluding hydrogens is 576 g/mol. The molecule has 2 amide bonds. The van der Waals surface area contributed by atoms with Crippen molar-refractivity contribution in [3.8, 4) is 23.0 Å². The highest BCUT2D eigenvalue weighted by Crippen LogP contribution is 2.43. The molecular formula is C34H40N4O7. The summed E-state index contributed by atoms with van der Waals surface area (Å²) in [5.41, 5.74) is 3.38. The maximum absolute atomic E-state index is 13.4. The summed E-state index contributed by atoms with van der Waals surface area (Å²) in [4.78, 5) is 34.6. The predicted molar refractivity (Wildman–Crippen MR) is 170 cm³/mol. The lowest BCUT2D eigenvalue weighted by Crippen LogP contribution is -2.53. The number of unbranched alkanes of at least 4 members (excludes halogenated alkanes) is 2. The average molecular weight is 617 g/mol. The molecule has 0 saturated heterocycles. The first-order valence-electron chi connectivity index (χ1n) is 15.3. The first kappa shape index (κ1) is 30.5. The summed E-state index contributed by atoms with van der Waals surface area (Å²) in [6.45, 7) is 6.73. The zero-order valence-corrected chi connectivity index (χ0v) is 26.4. The van der Waals surface area contributed by atoms with Crippen LogP contribution in [0.1, 0.15) is 73.6 Å². The van der Waals surface area contributed by atoms with Crippen LogP contribution in [-0.4, -0.2) is 78.2 Å². The van der Waals surface area contributed by atoms with Crippen molar-refractivity contribution in [2.45, 2.75) is 70.7 Å². The van der Waals surface area contributed by atoms with Crippen molar-refractivity contribution in [1.29, 1.82) is 0 Å². The molecule has 45 heavy (non-hydrogen) atoms. The molecule has 3 atom stereocenters. The van der Waals surface area contributed by atoms with Crippen LogP contribution in [0.5, 0.6) is 23.0 Å². The first-order chi connectivity index (χ1) is 21.6. The average Bonchev–Trinajstić information content (AvgIpc) is 3.51. The minimum atomic E-state index is -0.956. The highest BCUT2D eigenvalue weighted by Gasteiger charge is 2.48. The molecule has 0 aromatic heterocycles. The van der Waals surface area contributed by atoms with E-state index < -0.39 is 11.8 Å². The molecule has 2 N–H and O–H groups in total. The molecule has 0 unspecified atom stereocenters. The molecule has 6 rings (SSSR count). The molecule has 0 radical (unpaired) electrons. The molecule has 4 aliphatic heterocycles. The number of anilines is 1. The normalized spacial score (nSPS) is 23.2. The Balaban J connectivity index is 1.04. The van der Waals surface area contributed by atoms with E-state index in [4.69, 9.17) is 18.9 Å². The summed E-state index contributed by atoms with van der Waals surface area (Å²) < 4.78 is 23.2. The van der Waals surface area contributed by atoms with Crippen LogP contribution in [0.15, 0.2) is 52.8 Å². The number of carbonyl (C=O) groups excluding carboxylic acids is 2. The SMILES string of the molecule is COc1cc2c(cc1OCCCCCOc1cc3c(cc1OC)C(=O)N1C=C(C)C[C@@]1(C)[C@H](O)N3)N=C[C@@H]1CC(C)=CN1C2=O. The lowest BCUT2D eigenvalue weighted by atomic mass is 9.94. The van der Waals surface area contributed by atoms with E-state index in [2.05, 4.69) is 10.3 Å². The van der Waals surface area contributed by atoms with Crippen LogP contribution >= 0.6 is 0 Å². The number of nitrogens with one attached hydrogen (secondary N) is 1. The number of aliphatic hydroxyl groups excluding tert-OH is 1. The Labute approximate surface area is 263 Å². The van der Waals surface area contributed by atoms with Gasteiger partial charge in [-0.05, 0) is 65.0 Å². The van der Waals surface area contributed by atoms with Gasteiger partial charge in [-0.15, -0.1) is 0 Å². The molecule has 2 aromatic carbocycles. The van der Waals surface area contributed by atoms with Crippen molar-refractivity contribution in [3.05, 3.63) is 58.9 Å². The molecule has 0 spiro atoms. The van der Waals surface area contributed by atoms with Gasteiger partial charge in [-0.3, -0.25) is 14.6 Å². The lowest BCUT2D eigenvalue weighted by molar-refractivity contribution is 0.0298. The second-order valence-corrected chi connectivity index (χ2v) is 12.3. The zero-order chi connectivity index (χ0) is 31.9. The van der Waals surface area contributed by atoms with E-state index in [0.29, 0.717) is 65.1 Å². The summed E-state index contributed by atoms with van der Waals surface area (Å²) >= 11 is 0. The topological polar surface area (TPSA) is 122 Å². The van der Waals surface area contributed by atoms with Crippen molar-refractivity contribution < 1.29 is 33.6 Å². The van der Waals surface area contributed by atoms with Crippen molar-refractivity contribution in [3.63, 3.8) is 0 Å². The number of methoxy groups -OCH3 is 2. The van der Waals surface area contributed by atoms with Crippen LogP contribution in [0.3, 0.4) is 0 Å². The number of aliphatic hydroxyl groups is 1. The van der Waals surface area contributed by atoms with E-state index in [1.54, 1.807) is 48.3 Å². The van der Waals surface area contributed by atoms with E-state index in [-0.39, 0.29) is 17.9 Å². The van der Waals surface area contributed by atoms with Gasteiger partial charge in [0.25, 0.3) is 11.8 Å². The number of fused-ring (bicyclic) bond motifs is 4. The number of carbonyl (C=O) groups is 2. The molecule has 0 aliphatic carbocycles. The molecule has 0 fully saturated rings. The lowest BCUT2D eigenvalue weighted by Gasteiger charge is -2.36. The van der Waals surface area contributed by atoms with Crippen molar-refractivity contribution in [1.82, 2.24) is 9.80 Å². The number of hydrogen-bond acceptors (Lipinski definition) is 9. The van der Waals surface area contributed by atoms with Crippen LogP contribution in [0.25, 0.3) is 0 Å². The number of hydrogen-bond donors (Lipinski definition) is 2. The maximum Gasteiger partial charge on any atom is 0.260 e. The van der Waals surface area contributed by atoms with Crippen LogP contribution < -0.4 is 24.3 Å². The molecule has 238 valence electrons. The summed E-state index contributed by atoms with van der Waals surface area (Å²) in [6, 6.07) is 6.80. The van der Waals surface area contributed by atoms with Gasteiger partial charge in [0.1, 0.15) is 6.23 Å². The Morgan fingerprint density at radius 3 is 2.24 bits per heavy atom. The van der Waals surface area contributed by atoms with Gasteiger partial charge >= 0.3 is 0 Å². The number of ether oxygens (including phenoxy) is 4. The number of rotatable bonds is 10. The van der Waals surface area contributed by atoms with E-state index in [9.17, 15) is 14.7 Å². The van der Waals surface area contributed by atoms with Gasteiger partial charge in [0.15, 0.2) is 23.0 Å². The summed E-state index contributed by atoms with van der Waals surface area (Å²) in [5, 5.41) is 14.1. The fraction of sp³-hybridized carbons (Fsp3) is 0.441. The minimum Gasteiger partial charge on any atom is -0.493 e. The fourth-order valence-electron chi connectivity index (χ4n) is 6.44. The van der Waals surface area contributed by atoms with Gasteiger partial charge in [-0.25, -0.2) is 0 Å². The maximum atomic E-state index is 13.4. The molecule has 11 nitrogen and oxygen atoms in total. The summed E-state index contributed by atoms with van der Waals surface area (Å²) in [6.07, 6.45) is 8.30. The van der Waals surface area contributed by atoms with Gasteiger partial charge in [0.2, 0.25) is 0 Å². The van der Waals surface area contributed by atoms with E-state index in [0.717, 1.165) is 36.8 Å². The monoisotopic (exact) mass is 616 g/mol. The summed E-state index contributed by atoms with van der Waals surface area (Å²) in [7, 11) is 3.10. The Kier molecular flexibility index (Phi) is 8.22. The largest absolute Gasteiger partial charge is 0.493 e. The number of aliphatic imine (C=N–C) groups is 1. The second-order valence-electron chi connectivity index (χ2n) is 12.3. The Morgan fingerprint density at radius 2 is 1.56 bits per heavy atom. The van der Waals surface area contributed by atoms with Crippen molar-refractivity contribution in [2.75, 3.05) is 32.8 Å². The minimum absolute atomic E-state index is 0.0681. The van der Waals surface area contributed by atoms with Crippen LogP contribution in [0, 0.1) is 0 Å². The smallest absolute Gasteiger partial charge is 0.260 e. The Morgan fingerprint density at radius 1 is 0.889 bits per heavy atom. The zero-order valence-electron chi connectivity index (χ0n) is 26.4. The quantitative estimate of drug-likeness (QED) is 0.340. The standard InChI is InChI=1S/C34H40N4O7/c1-20-11-22-17-35-25-14-29(27(42-4)12-23(25)31(39)37(22)18-20)44-9-7-6-8-10-45-30-15-26-24(13-28(30)43-5)32(40)38-19-21(2)16-34(38,3)33(41)36-26/h12-15,17-19,22,33,36,41H,6-11,16H2,1-5H3/t22-,33-,34-/m0/s1. The number of amides is 2. The molecule has 11 heteroatoms. The van der Waals surface area contributed by atoms with Gasteiger partial charge in [-0.2, -0.15) is 0 Å². The number of nitrogens with zero attached hydrogens (tertiary/aromatic N) is 3. The van der Waals surface area contributed by atoms with Crippen LogP contribution in [0.2, 0.25) is 0 Å². The Bertz CT molecular complexity index is 1620. The van der Waals surface area contributed by atoms with Crippen molar-refractivity contribution in [2.24, 2.45) is 4.99 Å². The first-order valence-corrected chi connectivity index (χ1v) is 15.3. The third kappa shape index (κ3) is 5.61. The van der Waals surface area contributed by atoms with Gasteiger partial charge in [-0.1, -0.05) is 11.1 Å². The second kappa shape index (κ2) is 12.1. The van der Waals surface area contributed by atoms with Gasteiger partial charge in [0, 0.05) is 30.7 Å². The van der Waals surface area contributed by atoms with Crippen LogP contribution in [-0.2, 0) is 0 Å². The molecule has 0 bridgehead atoms. The molecule has 4 aliphatic rings. The fourth-order valence-corrected chi connectivity index (χ4v) is 6.44. The molecule has 2 aromatic rings. The third-order valence-electron chi connectivity index (χ3n) is 8.86. The van der Waals surface area contributed by atoms with E-state index >= 15 is 0 Å². The Hall–Kier alpha value is -4.51. The molecule has 4 heterocycles. The molecule has 0 saturated carbocycles. The van der Waals surface area contributed by atoms with E-state index in [1.165, 1.54) is 0 Å². The van der Waals surface area contributed by atoms with Gasteiger partial charge in [0.05, 0.1) is 61.5 Å². The van der Waals surface area contributed by atoms with Crippen molar-refractivity contribution >= 4 is 29.4 Å². The highest BCUT2D eigenvalue weighted by atomic mass is 16.5.